The van der Waals surface area contributed by atoms with Crippen molar-refractivity contribution in [2.75, 3.05) is 18.1 Å². The van der Waals surface area contributed by atoms with E-state index in [4.69, 9.17) is 4.98 Å². The average Bonchev–Trinajstić information content (AvgIpc) is 3.53. The lowest BCUT2D eigenvalue weighted by Gasteiger charge is -2.25. The van der Waals surface area contributed by atoms with E-state index < -0.39 is 0 Å². The molecule has 0 amide bonds. The molecule has 1 fully saturated rings. The third-order valence-electron chi connectivity index (χ3n) is 6.25. The predicted molar refractivity (Wildman–Crippen MR) is 124 cm³/mol. The molecule has 4 heterocycles. The van der Waals surface area contributed by atoms with Gasteiger partial charge in [0.2, 0.25) is 5.95 Å². The van der Waals surface area contributed by atoms with E-state index in [1.54, 1.807) is 18.7 Å². The van der Waals surface area contributed by atoms with Gasteiger partial charge in [-0.05, 0) is 47.4 Å². The minimum Gasteiger partial charge on any atom is -0.394 e. The number of rotatable bonds is 4. The zero-order valence-corrected chi connectivity index (χ0v) is 17.5. The van der Waals surface area contributed by atoms with Crippen LogP contribution in [-0.2, 0) is 0 Å². The first-order valence-electron chi connectivity index (χ1n) is 10.8. The predicted octanol–water partition coefficient (Wildman–Crippen LogP) is 3.97. The molecular weight excluding hydrogens is 400 g/mol. The third-order valence-corrected chi connectivity index (χ3v) is 6.25. The van der Waals surface area contributed by atoms with E-state index in [1.165, 1.54) is 5.39 Å². The quantitative estimate of drug-likeness (QED) is 0.472. The van der Waals surface area contributed by atoms with E-state index in [9.17, 15) is 5.11 Å². The zero-order chi connectivity index (χ0) is 21.5. The lowest BCUT2D eigenvalue weighted by atomic mass is 9.98. The summed E-state index contributed by atoms with van der Waals surface area (Å²) in [5.41, 5.74) is 4.52. The topological polar surface area (TPSA) is 79.4 Å². The fourth-order valence-electron chi connectivity index (χ4n) is 4.67. The monoisotopic (exact) mass is 422 g/mol. The molecule has 2 aromatic carbocycles. The van der Waals surface area contributed by atoms with Gasteiger partial charge in [-0.3, -0.25) is 4.98 Å². The Morgan fingerprint density at radius 1 is 0.969 bits per heavy atom. The van der Waals surface area contributed by atoms with Gasteiger partial charge < -0.3 is 10.0 Å². The van der Waals surface area contributed by atoms with Crippen LogP contribution in [0.3, 0.4) is 0 Å². The van der Waals surface area contributed by atoms with E-state index in [-0.39, 0.29) is 12.6 Å². The number of aliphatic hydroxyl groups excluding tert-OH is 1. The lowest BCUT2D eigenvalue weighted by Crippen LogP contribution is -2.34. The van der Waals surface area contributed by atoms with E-state index in [2.05, 4.69) is 50.3 Å². The molecule has 32 heavy (non-hydrogen) atoms. The molecule has 1 atom stereocenters. The smallest absolute Gasteiger partial charge is 0.229 e. The van der Waals surface area contributed by atoms with Gasteiger partial charge in [-0.25, -0.2) is 9.97 Å². The van der Waals surface area contributed by atoms with Gasteiger partial charge in [-0.15, -0.1) is 0 Å². The molecule has 0 bridgehead atoms. The van der Waals surface area contributed by atoms with Gasteiger partial charge in [-0.1, -0.05) is 36.4 Å². The van der Waals surface area contributed by atoms with Crippen LogP contribution in [0.4, 0.5) is 5.95 Å². The van der Waals surface area contributed by atoms with Crippen molar-refractivity contribution in [1.82, 2.24) is 24.6 Å². The molecule has 6 rings (SSSR count). The second-order valence-electron chi connectivity index (χ2n) is 8.10. The number of fused-ring (bicyclic) bond motifs is 2. The van der Waals surface area contributed by atoms with E-state index in [1.807, 2.05) is 28.8 Å². The fraction of sp³-hybridized carbons (Fsp3) is 0.200. The molecule has 7 nitrogen and oxygen atoms in total. The van der Waals surface area contributed by atoms with Crippen molar-refractivity contribution >= 4 is 22.4 Å². The highest BCUT2D eigenvalue weighted by Crippen LogP contribution is 2.37. The first kappa shape index (κ1) is 18.9. The van der Waals surface area contributed by atoms with Gasteiger partial charge in [0, 0.05) is 24.5 Å². The van der Waals surface area contributed by atoms with Crippen LogP contribution in [0.5, 0.6) is 0 Å². The number of hydrogen-bond donors (Lipinski definition) is 1. The van der Waals surface area contributed by atoms with Crippen LogP contribution in [0, 0.1) is 0 Å². The number of aromatic nitrogens is 5. The normalized spacial score (nSPS) is 16.3. The zero-order valence-electron chi connectivity index (χ0n) is 17.5. The Balaban J connectivity index is 1.65. The SMILES string of the molecule is OCC1CCCN1c1nc(-c2ccncc2)c(-c2ccc3ccccc3c2)c2ncnn12. The Bertz CT molecular complexity index is 1410. The van der Waals surface area contributed by atoms with Crippen LogP contribution < -0.4 is 4.90 Å². The second kappa shape index (κ2) is 7.69. The number of pyridine rings is 1. The van der Waals surface area contributed by atoms with Gasteiger partial charge in [0.1, 0.15) is 6.33 Å². The summed E-state index contributed by atoms with van der Waals surface area (Å²) in [6.07, 6.45) is 7.08. The van der Waals surface area contributed by atoms with Crippen molar-refractivity contribution in [2.24, 2.45) is 0 Å². The molecule has 1 aliphatic rings. The third kappa shape index (κ3) is 3.01. The first-order valence-corrected chi connectivity index (χ1v) is 10.8. The Kier molecular flexibility index (Phi) is 4.54. The van der Waals surface area contributed by atoms with Crippen LogP contribution in [0.15, 0.2) is 73.3 Å². The van der Waals surface area contributed by atoms with Crippen molar-refractivity contribution < 1.29 is 5.11 Å². The van der Waals surface area contributed by atoms with Gasteiger partial charge >= 0.3 is 0 Å². The van der Waals surface area contributed by atoms with E-state index in [0.717, 1.165) is 52.8 Å². The van der Waals surface area contributed by atoms with Crippen molar-refractivity contribution in [1.29, 1.82) is 0 Å². The summed E-state index contributed by atoms with van der Waals surface area (Å²) in [4.78, 5) is 16.1. The molecule has 0 saturated carbocycles. The largest absolute Gasteiger partial charge is 0.394 e. The molecule has 1 aliphatic heterocycles. The first-order chi connectivity index (χ1) is 15.8. The maximum Gasteiger partial charge on any atom is 0.229 e. The minimum absolute atomic E-state index is 0.0340. The van der Waals surface area contributed by atoms with Crippen molar-refractivity contribution in [2.45, 2.75) is 18.9 Å². The van der Waals surface area contributed by atoms with Crippen LogP contribution in [0.25, 0.3) is 38.8 Å². The molecule has 158 valence electrons. The molecule has 0 radical (unpaired) electrons. The number of benzene rings is 2. The van der Waals surface area contributed by atoms with E-state index in [0.29, 0.717) is 5.95 Å². The van der Waals surface area contributed by atoms with Crippen LogP contribution in [-0.4, -0.2) is 48.9 Å². The summed E-state index contributed by atoms with van der Waals surface area (Å²) in [7, 11) is 0. The molecule has 5 aromatic rings. The molecule has 0 spiro atoms. The molecule has 1 N–H and O–H groups in total. The number of aliphatic hydroxyl groups is 1. The molecule has 0 aliphatic carbocycles. The number of anilines is 1. The van der Waals surface area contributed by atoms with Gasteiger partial charge in [0.05, 0.1) is 23.9 Å². The van der Waals surface area contributed by atoms with Gasteiger partial charge in [0.25, 0.3) is 0 Å². The Hall–Kier alpha value is -3.84. The Morgan fingerprint density at radius 3 is 2.66 bits per heavy atom. The molecule has 1 unspecified atom stereocenters. The van der Waals surface area contributed by atoms with Crippen molar-refractivity contribution in [3.63, 3.8) is 0 Å². The fourth-order valence-corrected chi connectivity index (χ4v) is 4.67. The maximum absolute atomic E-state index is 9.92. The second-order valence-corrected chi connectivity index (χ2v) is 8.10. The van der Waals surface area contributed by atoms with Gasteiger partial charge in [-0.2, -0.15) is 9.61 Å². The van der Waals surface area contributed by atoms with Crippen LogP contribution in [0.2, 0.25) is 0 Å². The van der Waals surface area contributed by atoms with Crippen LogP contribution >= 0.6 is 0 Å². The minimum atomic E-state index is 0.0340. The number of hydrogen-bond acceptors (Lipinski definition) is 6. The molecule has 3 aromatic heterocycles. The van der Waals surface area contributed by atoms with Crippen molar-refractivity contribution in [3.8, 4) is 22.4 Å². The highest BCUT2D eigenvalue weighted by atomic mass is 16.3. The summed E-state index contributed by atoms with van der Waals surface area (Å²) < 4.78 is 1.81. The van der Waals surface area contributed by atoms with Crippen molar-refractivity contribution in [3.05, 3.63) is 73.3 Å². The summed E-state index contributed by atoms with van der Waals surface area (Å²) in [5.74, 6) is 0.713. The van der Waals surface area contributed by atoms with Crippen LogP contribution in [0.1, 0.15) is 12.8 Å². The molecule has 7 heteroatoms. The maximum atomic E-state index is 9.92. The standard InChI is InChI=1S/C25H22N6O/c32-15-21-6-3-13-30(21)25-29-23(18-9-11-26-12-10-18)22(24-27-16-28-31(24)25)20-8-7-17-4-1-2-5-19(17)14-20/h1-2,4-5,7-12,14,16,21,32H,3,6,13,15H2. The Morgan fingerprint density at radius 2 is 1.81 bits per heavy atom. The highest BCUT2D eigenvalue weighted by Gasteiger charge is 2.29. The van der Waals surface area contributed by atoms with Gasteiger partial charge in [0.15, 0.2) is 5.65 Å². The number of nitrogens with zero attached hydrogens (tertiary/aromatic N) is 6. The summed E-state index contributed by atoms with van der Waals surface area (Å²) >= 11 is 0. The molecular formula is C25H22N6O. The summed E-state index contributed by atoms with van der Waals surface area (Å²) in [5, 5.41) is 16.8. The van der Waals surface area contributed by atoms with E-state index >= 15 is 0 Å². The molecule has 1 saturated heterocycles. The lowest BCUT2D eigenvalue weighted by molar-refractivity contribution is 0.265. The summed E-state index contributed by atoms with van der Waals surface area (Å²) in [6, 6.07) is 18.7. The highest BCUT2D eigenvalue weighted by molar-refractivity contribution is 5.95. The summed E-state index contributed by atoms with van der Waals surface area (Å²) in [6.45, 7) is 0.924. The Labute approximate surface area is 185 Å². The average molecular weight is 422 g/mol.